The first kappa shape index (κ1) is 33.0. The Kier molecular flexibility index (Phi) is 10.7. The molecule has 4 rings (SSSR count). The molecule has 0 bridgehead atoms. The van der Waals surface area contributed by atoms with Gasteiger partial charge in [-0.15, -0.1) is 5.10 Å². The third-order valence-corrected chi connectivity index (χ3v) is 5.78. The van der Waals surface area contributed by atoms with Crippen molar-refractivity contribution in [3.8, 4) is 11.4 Å². The Hall–Kier alpha value is -3.53. The van der Waals surface area contributed by atoms with Gasteiger partial charge in [-0.1, -0.05) is 17.3 Å². The molecular formula is C26H28ClF4N5O5S. The molecule has 0 spiro atoms. The quantitative estimate of drug-likeness (QED) is 0.197. The molecule has 1 N–H and O–H groups in total. The van der Waals surface area contributed by atoms with E-state index in [4.69, 9.17) is 9.47 Å². The minimum atomic E-state index is -4.78. The van der Waals surface area contributed by atoms with E-state index < -0.39 is 38.9 Å². The van der Waals surface area contributed by atoms with E-state index in [9.17, 15) is 31.1 Å². The lowest BCUT2D eigenvalue weighted by Crippen LogP contribution is -2.14. The molecule has 0 radical (unpaired) electrons. The summed E-state index contributed by atoms with van der Waals surface area (Å²) in [5, 5.41) is 22.4. The SMILES string of the molecule is CCn1cc(C(O)c2cc(C(F)(F)F)nn2-c2ccc(F)cc2[C@@H](C)OCc2ccc(OC)cc2)nn1.CS(=O)(=O)Cl. The Bertz CT molecular complexity index is 1590. The van der Waals surface area contributed by atoms with Crippen molar-refractivity contribution in [2.45, 2.75) is 45.4 Å². The number of aliphatic hydroxyl groups excluding tert-OH is 1. The van der Waals surface area contributed by atoms with E-state index in [1.54, 1.807) is 45.2 Å². The van der Waals surface area contributed by atoms with E-state index in [2.05, 4.69) is 26.1 Å². The maximum absolute atomic E-state index is 14.3. The number of aliphatic hydroxyl groups is 1. The summed E-state index contributed by atoms with van der Waals surface area (Å²) in [4.78, 5) is 0. The lowest BCUT2D eigenvalue weighted by Gasteiger charge is -2.20. The number of hydrogen-bond donors (Lipinski definition) is 1. The first-order valence-electron chi connectivity index (χ1n) is 12.3. The Morgan fingerprint density at radius 1 is 1.12 bits per heavy atom. The Balaban J connectivity index is 0.000000892. The average molecular weight is 634 g/mol. The van der Waals surface area contributed by atoms with Gasteiger partial charge in [0.25, 0.3) is 0 Å². The second-order valence-corrected chi connectivity index (χ2v) is 12.0. The number of hydrogen-bond acceptors (Lipinski definition) is 8. The van der Waals surface area contributed by atoms with Crippen LogP contribution in [-0.4, -0.2) is 51.7 Å². The highest BCUT2D eigenvalue weighted by molar-refractivity contribution is 8.13. The van der Waals surface area contributed by atoms with Gasteiger partial charge in [0.2, 0.25) is 9.05 Å². The van der Waals surface area contributed by atoms with Gasteiger partial charge in [0.1, 0.15) is 23.4 Å². The van der Waals surface area contributed by atoms with Crippen molar-refractivity contribution in [3.05, 3.63) is 88.8 Å². The molecular weight excluding hydrogens is 606 g/mol. The van der Waals surface area contributed by atoms with Crippen LogP contribution in [0.2, 0.25) is 0 Å². The van der Waals surface area contributed by atoms with Crippen molar-refractivity contribution in [1.29, 1.82) is 0 Å². The molecule has 0 fully saturated rings. The molecule has 2 aromatic carbocycles. The summed E-state index contributed by atoms with van der Waals surface area (Å²) in [6, 6.07) is 11.5. The molecule has 10 nitrogen and oxygen atoms in total. The minimum absolute atomic E-state index is 0.0455. The normalized spacial score (nSPS) is 13.3. The van der Waals surface area contributed by atoms with Crippen molar-refractivity contribution >= 4 is 19.7 Å². The van der Waals surface area contributed by atoms with Gasteiger partial charge in [0.05, 0.1) is 43.7 Å². The second-order valence-electron chi connectivity index (χ2n) is 8.95. The van der Waals surface area contributed by atoms with Crippen molar-refractivity contribution in [1.82, 2.24) is 24.8 Å². The van der Waals surface area contributed by atoms with Crippen LogP contribution in [0.4, 0.5) is 17.6 Å². The fourth-order valence-electron chi connectivity index (χ4n) is 3.74. The minimum Gasteiger partial charge on any atom is -0.497 e. The predicted octanol–water partition coefficient (Wildman–Crippen LogP) is 5.19. The number of aromatic nitrogens is 5. The molecule has 2 atom stereocenters. The van der Waals surface area contributed by atoms with E-state index in [-0.39, 0.29) is 29.2 Å². The second kappa shape index (κ2) is 13.6. The van der Waals surface area contributed by atoms with E-state index in [1.807, 2.05) is 0 Å². The van der Waals surface area contributed by atoms with Gasteiger partial charge in [0.15, 0.2) is 5.69 Å². The number of nitrogens with zero attached hydrogens (tertiary/aromatic N) is 5. The zero-order chi connectivity index (χ0) is 31.2. The van der Waals surface area contributed by atoms with Crippen molar-refractivity contribution in [3.63, 3.8) is 0 Å². The molecule has 2 aromatic heterocycles. The summed E-state index contributed by atoms with van der Waals surface area (Å²) in [5.74, 6) is 0.0725. The van der Waals surface area contributed by atoms with Gasteiger partial charge >= 0.3 is 6.18 Å². The molecule has 228 valence electrons. The molecule has 42 heavy (non-hydrogen) atoms. The van der Waals surface area contributed by atoms with E-state index >= 15 is 0 Å². The Labute approximate surface area is 243 Å². The van der Waals surface area contributed by atoms with Crippen LogP contribution in [-0.2, 0) is 33.1 Å². The molecule has 16 heteroatoms. The summed E-state index contributed by atoms with van der Waals surface area (Å²) in [6.07, 6.45) is -4.73. The number of methoxy groups -OCH3 is 1. The van der Waals surface area contributed by atoms with Gasteiger partial charge in [-0.3, -0.25) is 4.68 Å². The van der Waals surface area contributed by atoms with E-state index in [1.165, 1.54) is 23.0 Å². The number of benzene rings is 2. The highest BCUT2D eigenvalue weighted by Gasteiger charge is 2.37. The number of ether oxygens (including phenoxy) is 2. The van der Waals surface area contributed by atoms with Crippen LogP contribution >= 0.6 is 10.7 Å². The zero-order valence-electron chi connectivity index (χ0n) is 22.9. The molecule has 0 saturated carbocycles. The van der Waals surface area contributed by atoms with E-state index in [0.29, 0.717) is 12.3 Å². The number of rotatable bonds is 9. The number of halogens is 5. The lowest BCUT2D eigenvalue weighted by atomic mass is 10.1. The van der Waals surface area contributed by atoms with Gasteiger partial charge in [-0.2, -0.15) is 18.3 Å². The summed E-state index contributed by atoms with van der Waals surface area (Å²) < 4.78 is 87.4. The Morgan fingerprint density at radius 2 is 1.76 bits per heavy atom. The highest BCUT2D eigenvalue weighted by atomic mass is 35.7. The topological polar surface area (TPSA) is 121 Å². The smallest absolute Gasteiger partial charge is 0.435 e. The van der Waals surface area contributed by atoms with Gasteiger partial charge < -0.3 is 14.6 Å². The number of aryl methyl sites for hydroxylation is 1. The van der Waals surface area contributed by atoms with Gasteiger partial charge in [-0.05, 0) is 55.8 Å². The van der Waals surface area contributed by atoms with Crippen LogP contribution in [0.5, 0.6) is 5.75 Å². The monoisotopic (exact) mass is 633 g/mol. The maximum atomic E-state index is 14.3. The van der Waals surface area contributed by atoms with Crippen molar-refractivity contribution < 1.29 is 40.6 Å². The fraction of sp³-hybridized carbons (Fsp3) is 0.346. The van der Waals surface area contributed by atoms with Crippen LogP contribution in [0.1, 0.15) is 54.3 Å². The van der Waals surface area contributed by atoms with Crippen LogP contribution in [0.25, 0.3) is 5.69 Å². The van der Waals surface area contributed by atoms with Crippen molar-refractivity contribution in [2.24, 2.45) is 0 Å². The molecule has 2 heterocycles. The van der Waals surface area contributed by atoms with Gasteiger partial charge in [0, 0.05) is 22.8 Å². The van der Waals surface area contributed by atoms with Crippen LogP contribution in [0.15, 0.2) is 54.7 Å². The van der Waals surface area contributed by atoms with Crippen LogP contribution < -0.4 is 4.74 Å². The standard InChI is InChI=1S/C25H25F4N5O3.CH3ClO2S/c1-4-33-13-20(30-32-33)24(35)22-12-23(25(27,28)29)31-34(22)21-10-7-17(26)11-19(21)15(2)37-14-16-5-8-18(36-3)9-6-16;1-5(2,3)4/h5-13,15,24,35H,4,14H2,1-3H3;1H3/t15-,24?;/m1./s1. The first-order chi connectivity index (χ1) is 19.6. The molecule has 0 amide bonds. The molecule has 4 aromatic rings. The summed E-state index contributed by atoms with van der Waals surface area (Å²) in [7, 11) is 2.86. The molecule has 0 aliphatic rings. The fourth-order valence-corrected chi connectivity index (χ4v) is 3.74. The van der Waals surface area contributed by atoms with Gasteiger partial charge in [-0.25, -0.2) is 17.5 Å². The maximum Gasteiger partial charge on any atom is 0.435 e. The third-order valence-electron chi connectivity index (χ3n) is 5.78. The molecule has 0 aliphatic heterocycles. The largest absolute Gasteiger partial charge is 0.497 e. The van der Waals surface area contributed by atoms with Crippen molar-refractivity contribution in [2.75, 3.05) is 13.4 Å². The summed E-state index contributed by atoms with van der Waals surface area (Å²) in [6.45, 7) is 4.06. The first-order valence-corrected chi connectivity index (χ1v) is 15.0. The highest BCUT2D eigenvalue weighted by Crippen LogP contribution is 2.35. The zero-order valence-corrected chi connectivity index (χ0v) is 24.5. The molecule has 0 saturated heterocycles. The summed E-state index contributed by atoms with van der Waals surface area (Å²) >= 11 is 0. The summed E-state index contributed by atoms with van der Waals surface area (Å²) in [5.41, 5.74) is -0.187. The van der Waals surface area contributed by atoms with Crippen LogP contribution in [0, 0.1) is 5.82 Å². The average Bonchev–Trinajstić information content (AvgIpc) is 3.59. The predicted molar refractivity (Wildman–Crippen MR) is 145 cm³/mol. The third kappa shape index (κ3) is 8.98. The Morgan fingerprint density at radius 3 is 2.31 bits per heavy atom. The number of alkyl halides is 3. The molecule has 0 aliphatic carbocycles. The van der Waals surface area contributed by atoms with E-state index in [0.717, 1.165) is 28.6 Å². The molecule has 1 unspecified atom stereocenters. The van der Waals surface area contributed by atoms with Crippen LogP contribution in [0.3, 0.4) is 0 Å². The lowest BCUT2D eigenvalue weighted by molar-refractivity contribution is -0.141.